The molecule has 1 aromatic heterocycles. The van der Waals surface area contributed by atoms with Crippen LogP contribution in [-0.4, -0.2) is 81.4 Å². The zero-order valence-electron chi connectivity index (χ0n) is 17.3. The van der Waals surface area contributed by atoms with Crippen LogP contribution < -0.4 is 0 Å². The molecule has 28 heavy (non-hydrogen) atoms. The fourth-order valence-corrected chi connectivity index (χ4v) is 4.97. The monoisotopic (exact) mass is 387 g/mol. The van der Waals surface area contributed by atoms with Gasteiger partial charge in [0.1, 0.15) is 5.82 Å². The molecule has 2 unspecified atom stereocenters. The van der Waals surface area contributed by atoms with Gasteiger partial charge in [-0.2, -0.15) is 0 Å². The van der Waals surface area contributed by atoms with Gasteiger partial charge in [-0.05, 0) is 39.5 Å². The van der Waals surface area contributed by atoms with Crippen molar-refractivity contribution < 1.29 is 9.59 Å². The Hall–Kier alpha value is -1.89. The average molecular weight is 388 g/mol. The molecule has 0 saturated carbocycles. The van der Waals surface area contributed by atoms with E-state index in [1.54, 1.807) is 0 Å². The third kappa shape index (κ3) is 3.95. The number of likely N-dealkylation sites (tertiary alicyclic amines) is 1. The van der Waals surface area contributed by atoms with E-state index in [2.05, 4.69) is 21.4 Å². The van der Waals surface area contributed by atoms with Gasteiger partial charge in [0.2, 0.25) is 11.8 Å². The highest BCUT2D eigenvalue weighted by Crippen LogP contribution is 2.24. The van der Waals surface area contributed by atoms with E-state index in [0.29, 0.717) is 12.6 Å². The third-order valence-corrected chi connectivity index (χ3v) is 6.81. The Labute approximate surface area is 167 Å². The van der Waals surface area contributed by atoms with Gasteiger partial charge in [-0.1, -0.05) is 0 Å². The predicted octanol–water partition coefficient (Wildman–Crippen LogP) is 1.30. The van der Waals surface area contributed by atoms with E-state index in [0.717, 1.165) is 70.8 Å². The summed E-state index contributed by atoms with van der Waals surface area (Å²) in [5.41, 5.74) is 1.18. The molecular weight excluding hydrogens is 354 g/mol. The summed E-state index contributed by atoms with van der Waals surface area (Å²) in [7, 11) is 0. The molecule has 2 saturated heterocycles. The highest BCUT2D eigenvalue weighted by atomic mass is 16.2. The van der Waals surface area contributed by atoms with E-state index in [1.807, 2.05) is 22.9 Å². The van der Waals surface area contributed by atoms with Gasteiger partial charge in [0.15, 0.2) is 0 Å². The third-order valence-electron chi connectivity index (χ3n) is 6.81. The predicted molar refractivity (Wildman–Crippen MR) is 107 cm³/mol. The maximum Gasteiger partial charge on any atom is 0.236 e. The second-order valence-electron chi connectivity index (χ2n) is 8.67. The van der Waals surface area contributed by atoms with Crippen LogP contribution in [0.2, 0.25) is 0 Å². The summed E-state index contributed by atoms with van der Waals surface area (Å²) in [6.07, 6.45) is 7.08. The molecule has 2 atom stereocenters. The number of imidazole rings is 1. The highest BCUT2D eigenvalue weighted by Gasteiger charge is 2.32. The van der Waals surface area contributed by atoms with E-state index in [4.69, 9.17) is 0 Å². The minimum atomic E-state index is 0.0750. The van der Waals surface area contributed by atoms with Gasteiger partial charge in [0, 0.05) is 69.5 Å². The number of fused-ring (bicyclic) bond motifs is 1. The second-order valence-corrected chi connectivity index (χ2v) is 8.67. The molecule has 0 N–H and O–H groups in total. The van der Waals surface area contributed by atoms with E-state index in [9.17, 15) is 9.59 Å². The molecule has 3 aliphatic rings. The normalized spacial score (nSPS) is 26.2. The molecular formula is C21H33N5O2. The van der Waals surface area contributed by atoms with Gasteiger partial charge in [-0.25, -0.2) is 4.98 Å². The van der Waals surface area contributed by atoms with E-state index in [1.165, 1.54) is 12.1 Å². The molecule has 0 aromatic carbocycles. The number of carbonyl (C=O) groups excluding carboxylic acids is 2. The molecule has 0 spiro atoms. The molecule has 4 heterocycles. The Kier molecular flexibility index (Phi) is 5.71. The fourth-order valence-electron chi connectivity index (χ4n) is 4.97. The minimum Gasteiger partial charge on any atom is -0.340 e. The summed E-state index contributed by atoms with van der Waals surface area (Å²) < 4.78 is 2.23. The van der Waals surface area contributed by atoms with Crippen LogP contribution in [-0.2, 0) is 22.6 Å². The lowest BCUT2D eigenvalue weighted by Crippen LogP contribution is -2.54. The number of piperidine rings is 1. The Morgan fingerprint density at radius 3 is 2.61 bits per heavy atom. The number of aromatic nitrogens is 2. The van der Waals surface area contributed by atoms with E-state index >= 15 is 0 Å². The summed E-state index contributed by atoms with van der Waals surface area (Å²) in [6.45, 7) is 9.52. The topological polar surface area (TPSA) is 61.7 Å². The minimum absolute atomic E-state index is 0.0750. The van der Waals surface area contributed by atoms with Crippen molar-refractivity contribution in [3.05, 3.63) is 17.7 Å². The molecule has 0 bridgehead atoms. The second kappa shape index (κ2) is 8.23. The molecule has 0 radical (unpaired) electrons. The van der Waals surface area contributed by atoms with Crippen LogP contribution in [0.1, 0.15) is 44.1 Å². The molecule has 0 aliphatic carbocycles. The van der Waals surface area contributed by atoms with Crippen molar-refractivity contribution in [1.29, 1.82) is 0 Å². The lowest BCUT2D eigenvalue weighted by Gasteiger charge is -2.39. The number of carbonyl (C=O) groups is 2. The van der Waals surface area contributed by atoms with Crippen molar-refractivity contribution in [1.82, 2.24) is 24.3 Å². The Morgan fingerprint density at radius 1 is 1.07 bits per heavy atom. The number of piperazine rings is 1. The van der Waals surface area contributed by atoms with Gasteiger partial charge in [-0.15, -0.1) is 0 Å². The smallest absolute Gasteiger partial charge is 0.236 e. The van der Waals surface area contributed by atoms with Crippen LogP contribution in [0.15, 0.2) is 6.20 Å². The molecule has 7 nitrogen and oxygen atoms in total. The van der Waals surface area contributed by atoms with Gasteiger partial charge in [0.05, 0.1) is 6.54 Å². The molecule has 4 rings (SSSR count). The Bertz CT molecular complexity index is 722. The summed E-state index contributed by atoms with van der Waals surface area (Å²) in [6, 6.07) is 0.368. The van der Waals surface area contributed by atoms with E-state index < -0.39 is 0 Å². The highest BCUT2D eigenvalue weighted by molar-refractivity contribution is 5.80. The van der Waals surface area contributed by atoms with Gasteiger partial charge < -0.3 is 14.4 Å². The number of rotatable bonds is 3. The first kappa shape index (κ1) is 19.4. The largest absolute Gasteiger partial charge is 0.340 e. The number of hydrogen-bond donors (Lipinski definition) is 0. The summed E-state index contributed by atoms with van der Waals surface area (Å²) >= 11 is 0. The van der Waals surface area contributed by atoms with Crippen LogP contribution in [0.3, 0.4) is 0 Å². The van der Waals surface area contributed by atoms with Crippen LogP contribution in [0.4, 0.5) is 0 Å². The molecule has 154 valence electrons. The lowest BCUT2D eigenvalue weighted by atomic mass is 9.94. The van der Waals surface area contributed by atoms with Crippen molar-refractivity contribution in [2.45, 2.75) is 58.5 Å². The van der Waals surface area contributed by atoms with Crippen LogP contribution >= 0.6 is 0 Å². The van der Waals surface area contributed by atoms with Gasteiger partial charge in [-0.3, -0.25) is 14.5 Å². The Balaban J connectivity index is 1.26. The molecule has 3 aliphatic heterocycles. The van der Waals surface area contributed by atoms with Gasteiger partial charge in [0.25, 0.3) is 0 Å². The summed E-state index contributed by atoms with van der Waals surface area (Å²) in [5, 5.41) is 0. The zero-order valence-corrected chi connectivity index (χ0v) is 17.3. The number of hydrogen-bond acceptors (Lipinski definition) is 4. The first-order valence-electron chi connectivity index (χ1n) is 10.8. The van der Waals surface area contributed by atoms with Crippen molar-refractivity contribution in [2.75, 3.05) is 39.3 Å². The molecule has 1 aromatic rings. The maximum absolute atomic E-state index is 13.0. The zero-order chi connectivity index (χ0) is 19.7. The lowest BCUT2D eigenvalue weighted by molar-refractivity contribution is -0.139. The fraction of sp³-hybridized carbons (Fsp3) is 0.762. The molecule has 7 heteroatoms. The van der Waals surface area contributed by atoms with Crippen molar-refractivity contribution in [3.8, 4) is 0 Å². The standard InChI is InChI=1S/C21H33N5O2/c1-16-5-3-4-7-25(16)20(27)15-23-9-11-24(12-10-23)21(28)18-6-8-26-17(2)22-14-19(26)13-18/h14,16,18H,3-13,15H2,1-2H3. The van der Waals surface area contributed by atoms with Crippen molar-refractivity contribution >= 4 is 11.8 Å². The summed E-state index contributed by atoms with van der Waals surface area (Å²) in [4.78, 5) is 36.3. The van der Waals surface area contributed by atoms with Crippen molar-refractivity contribution in [3.63, 3.8) is 0 Å². The Morgan fingerprint density at radius 2 is 1.86 bits per heavy atom. The number of nitrogens with zero attached hydrogens (tertiary/aromatic N) is 5. The molecule has 2 amide bonds. The van der Waals surface area contributed by atoms with Crippen LogP contribution in [0, 0.1) is 12.8 Å². The number of amides is 2. The quantitative estimate of drug-likeness (QED) is 0.784. The number of aryl methyl sites for hydroxylation is 1. The SMILES string of the molecule is Cc1ncc2n1CCC(C(=O)N1CCN(CC(=O)N3CCCCC3C)CC1)C2. The van der Waals surface area contributed by atoms with E-state index in [-0.39, 0.29) is 17.7 Å². The first-order chi connectivity index (χ1) is 13.5. The first-order valence-corrected chi connectivity index (χ1v) is 10.8. The van der Waals surface area contributed by atoms with Crippen molar-refractivity contribution in [2.24, 2.45) is 5.92 Å². The molecule has 2 fully saturated rings. The van der Waals surface area contributed by atoms with Crippen LogP contribution in [0.5, 0.6) is 0 Å². The summed E-state index contributed by atoms with van der Waals surface area (Å²) in [5.74, 6) is 1.65. The van der Waals surface area contributed by atoms with Gasteiger partial charge >= 0.3 is 0 Å². The van der Waals surface area contributed by atoms with Crippen LogP contribution in [0.25, 0.3) is 0 Å². The maximum atomic E-state index is 13.0. The average Bonchev–Trinajstić information content (AvgIpc) is 3.08.